The maximum atomic E-state index is 12.6. The van der Waals surface area contributed by atoms with Crippen molar-refractivity contribution < 1.29 is 14.3 Å². The lowest BCUT2D eigenvalue weighted by Gasteiger charge is -2.11. The first-order valence-electron chi connectivity index (χ1n) is 9.12. The zero-order valence-electron chi connectivity index (χ0n) is 15.9. The third-order valence-corrected chi connectivity index (χ3v) is 4.58. The van der Waals surface area contributed by atoms with E-state index in [0.717, 1.165) is 0 Å². The van der Waals surface area contributed by atoms with E-state index < -0.39 is 18.5 Å². The van der Waals surface area contributed by atoms with Crippen LogP contribution in [0.15, 0.2) is 66.9 Å². The van der Waals surface area contributed by atoms with Crippen molar-refractivity contribution in [1.29, 1.82) is 5.26 Å². The fourth-order valence-corrected chi connectivity index (χ4v) is 3.20. The van der Waals surface area contributed by atoms with Gasteiger partial charge in [0.25, 0.3) is 5.91 Å². The quantitative estimate of drug-likeness (QED) is 0.380. The molecule has 2 heterocycles. The topological polar surface area (TPSA) is 110 Å². The number of anilines is 1. The molecule has 0 radical (unpaired) electrons. The van der Waals surface area contributed by atoms with Crippen LogP contribution in [-0.4, -0.2) is 33.2 Å². The molecule has 2 aromatic heterocycles. The van der Waals surface area contributed by atoms with Gasteiger partial charge in [-0.15, -0.1) is 0 Å². The van der Waals surface area contributed by atoms with Crippen molar-refractivity contribution in [2.75, 3.05) is 11.9 Å². The number of aromatic nitrogens is 3. The number of rotatable bonds is 5. The smallest absolute Gasteiger partial charge is 0.339 e. The van der Waals surface area contributed by atoms with E-state index in [1.54, 1.807) is 48.5 Å². The summed E-state index contributed by atoms with van der Waals surface area (Å²) >= 11 is 6.00. The van der Waals surface area contributed by atoms with Crippen LogP contribution >= 0.6 is 11.6 Å². The van der Waals surface area contributed by atoms with Crippen molar-refractivity contribution in [3.63, 3.8) is 0 Å². The number of fused-ring (bicyclic) bond motifs is 1. The van der Waals surface area contributed by atoms with Gasteiger partial charge in [0.2, 0.25) is 0 Å². The minimum atomic E-state index is -0.715. The van der Waals surface area contributed by atoms with Crippen LogP contribution in [0.2, 0.25) is 5.15 Å². The van der Waals surface area contributed by atoms with Gasteiger partial charge in [-0.2, -0.15) is 10.4 Å². The molecule has 0 aliphatic carbocycles. The van der Waals surface area contributed by atoms with E-state index in [-0.39, 0.29) is 22.1 Å². The molecule has 9 heteroatoms. The molecule has 31 heavy (non-hydrogen) atoms. The summed E-state index contributed by atoms with van der Waals surface area (Å²) in [6.45, 7) is -0.558. The van der Waals surface area contributed by atoms with Gasteiger partial charge < -0.3 is 10.1 Å². The number of nitrogens with one attached hydrogen (secondary N) is 1. The molecule has 0 aliphatic heterocycles. The highest BCUT2D eigenvalue weighted by Gasteiger charge is 2.18. The van der Waals surface area contributed by atoms with Crippen LogP contribution in [0.1, 0.15) is 15.9 Å². The lowest BCUT2D eigenvalue weighted by atomic mass is 10.1. The van der Waals surface area contributed by atoms with Gasteiger partial charge in [-0.1, -0.05) is 48.0 Å². The third kappa shape index (κ3) is 4.22. The van der Waals surface area contributed by atoms with E-state index in [0.29, 0.717) is 16.6 Å². The van der Waals surface area contributed by atoms with Gasteiger partial charge in [-0.25, -0.2) is 14.5 Å². The van der Waals surface area contributed by atoms with Crippen molar-refractivity contribution in [3.8, 4) is 11.8 Å². The SMILES string of the molecule is N#Cc1cnn(-c2ccccc2)c1NC(=O)COC(=O)c1cc(Cl)nc2ccccc12. The van der Waals surface area contributed by atoms with E-state index in [1.165, 1.54) is 16.9 Å². The molecule has 4 aromatic rings. The van der Waals surface area contributed by atoms with Crippen molar-refractivity contribution in [2.24, 2.45) is 0 Å². The molecule has 0 bridgehead atoms. The number of ether oxygens (including phenoxy) is 1. The van der Waals surface area contributed by atoms with Gasteiger partial charge >= 0.3 is 5.97 Å². The molecule has 0 saturated heterocycles. The number of carbonyl (C=O) groups excluding carboxylic acids is 2. The van der Waals surface area contributed by atoms with Gasteiger partial charge in [0.05, 0.1) is 23.0 Å². The second-order valence-corrected chi connectivity index (χ2v) is 6.79. The number of esters is 1. The molecule has 0 unspecified atom stereocenters. The molecule has 0 atom stereocenters. The Bertz CT molecular complexity index is 1330. The average Bonchev–Trinajstić information content (AvgIpc) is 3.19. The van der Waals surface area contributed by atoms with E-state index in [9.17, 15) is 14.9 Å². The van der Waals surface area contributed by atoms with Gasteiger partial charge in [0.1, 0.15) is 16.8 Å². The maximum Gasteiger partial charge on any atom is 0.339 e. The van der Waals surface area contributed by atoms with E-state index in [1.807, 2.05) is 12.1 Å². The van der Waals surface area contributed by atoms with E-state index in [4.69, 9.17) is 16.3 Å². The lowest BCUT2D eigenvalue weighted by Crippen LogP contribution is -2.23. The summed E-state index contributed by atoms with van der Waals surface area (Å²) < 4.78 is 6.60. The summed E-state index contributed by atoms with van der Waals surface area (Å²) in [5.74, 6) is -1.15. The molecule has 1 amide bonds. The first-order chi connectivity index (χ1) is 15.1. The molecule has 0 fully saturated rings. The van der Waals surface area contributed by atoms with Crippen LogP contribution < -0.4 is 5.32 Å². The molecular formula is C22H14ClN5O3. The number of hydrogen-bond donors (Lipinski definition) is 1. The summed E-state index contributed by atoms with van der Waals surface area (Å²) in [5, 5.41) is 16.8. The Morgan fingerprint density at radius 2 is 1.87 bits per heavy atom. The minimum Gasteiger partial charge on any atom is -0.452 e. The van der Waals surface area contributed by atoms with Crippen LogP contribution in [-0.2, 0) is 9.53 Å². The van der Waals surface area contributed by atoms with Gasteiger partial charge in [0.15, 0.2) is 12.4 Å². The molecule has 152 valence electrons. The summed E-state index contributed by atoms with van der Waals surface area (Å²) in [6.07, 6.45) is 1.35. The van der Waals surface area contributed by atoms with Crippen LogP contribution in [0.3, 0.4) is 0 Å². The Kier molecular flexibility index (Phi) is 5.60. The van der Waals surface area contributed by atoms with Crippen LogP contribution in [0.25, 0.3) is 16.6 Å². The fraction of sp³-hybridized carbons (Fsp3) is 0.0455. The normalized spacial score (nSPS) is 10.5. The number of halogens is 1. The van der Waals surface area contributed by atoms with Crippen LogP contribution in [0, 0.1) is 11.3 Å². The molecule has 0 saturated carbocycles. The molecular weight excluding hydrogens is 418 g/mol. The third-order valence-electron chi connectivity index (χ3n) is 4.39. The van der Waals surface area contributed by atoms with E-state index >= 15 is 0 Å². The molecule has 2 aromatic carbocycles. The van der Waals surface area contributed by atoms with Crippen molar-refractivity contribution in [1.82, 2.24) is 14.8 Å². The van der Waals surface area contributed by atoms with Gasteiger partial charge in [-0.3, -0.25) is 4.79 Å². The Morgan fingerprint density at radius 3 is 2.65 bits per heavy atom. The zero-order valence-corrected chi connectivity index (χ0v) is 16.7. The first kappa shape index (κ1) is 20.1. The lowest BCUT2D eigenvalue weighted by molar-refractivity contribution is -0.119. The number of nitriles is 1. The monoisotopic (exact) mass is 431 g/mol. The Hall–Kier alpha value is -4.22. The molecule has 4 rings (SSSR count). The van der Waals surface area contributed by atoms with Gasteiger partial charge in [0, 0.05) is 5.39 Å². The minimum absolute atomic E-state index is 0.139. The second-order valence-electron chi connectivity index (χ2n) is 6.40. The highest BCUT2D eigenvalue weighted by molar-refractivity contribution is 6.30. The number of para-hydroxylation sites is 2. The number of hydrogen-bond acceptors (Lipinski definition) is 6. The van der Waals surface area contributed by atoms with Crippen LogP contribution in [0.5, 0.6) is 0 Å². The molecule has 0 spiro atoms. The average molecular weight is 432 g/mol. The highest BCUT2D eigenvalue weighted by Crippen LogP contribution is 2.22. The van der Waals surface area contributed by atoms with E-state index in [2.05, 4.69) is 15.4 Å². The molecule has 8 nitrogen and oxygen atoms in total. The fourth-order valence-electron chi connectivity index (χ4n) is 3.00. The summed E-state index contributed by atoms with van der Waals surface area (Å²) in [4.78, 5) is 29.2. The second kappa shape index (κ2) is 8.65. The highest BCUT2D eigenvalue weighted by atomic mass is 35.5. The largest absolute Gasteiger partial charge is 0.452 e. The first-order valence-corrected chi connectivity index (χ1v) is 9.50. The summed E-state index contributed by atoms with van der Waals surface area (Å²) in [7, 11) is 0. The predicted octanol–water partition coefficient (Wildman–Crippen LogP) is 3.74. The predicted molar refractivity (Wildman–Crippen MR) is 114 cm³/mol. The molecule has 0 aliphatic rings. The number of carbonyl (C=O) groups is 2. The van der Waals surface area contributed by atoms with Crippen molar-refractivity contribution in [3.05, 3.63) is 83.1 Å². The Balaban J connectivity index is 1.51. The van der Waals surface area contributed by atoms with Crippen LogP contribution in [0.4, 0.5) is 5.82 Å². The number of pyridine rings is 1. The zero-order chi connectivity index (χ0) is 21.8. The summed E-state index contributed by atoms with van der Waals surface area (Å²) in [6, 6.07) is 19.4. The number of amides is 1. The number of benzene rings is 2. The molecule has 1 N–H and O–H groups in total. The standard InChI is InChI=1S/C22H14ClN5O3/c23-19-10-17(16-8-4-5-9-18(16)26-19)22(30)31-13-20(29)27-21-14(11-24)12-25-28(21)15-6-2-1-3-7-15/h1-10,12H,13H2,(H,27,29). The van der Waals surface area contributed by atoms with Gasteiger partial charge in [-0.05, 0) is 24.3 Å². The number of nitrogens with zero attached hydrogens (tertiary/aromatic N) is 4. The Labute approximate surface area is 181 Å². The summed E-state index contributed by atoms with van der Waals surface area (Å²) in [5.41, 5.74) is 1.58. The van der Waals surface area contributed by atoms with Crippen molar-refractivity contribution >= 4 is 40.2 Å². The maximum absolute atomic E-state index is 12.6. The van der Waals surface area contributed by atoms with Crippen molar-refractivity contribution in [2.45, 2.75) is 0 Å². The Morgan fingerprint density at radius 1 is 1.13 bits per heavy atom.